The number of aromatic hydroxyl groups is 1. The molecule has 2 N–H and O–H groups in total. The number of hydrogen-bond donors (Lipinski definition) is 2. The van der Waals surface area contributed by atoms with Crippen LogP contribution in [0.2, 0.25) is 0 Å². The maximum atomic E-state index is 9.64. The summed E-state index contributed by atoms with van der Waals surface area (Å²) >= 11 is 1.61. The summed E-state index contributed by atoms with van der Waals surface area (Å²) in [5, 5.41) is 12.7. The van der Waals surface area contributed by atoms with E-state index in [0.29, 0.717) is 5.75 Å². The van der Waals surface area contributed by atoms with E-state index in [-0.39, 0.29) is 0 Å². The molecule has 0 saturated carbocycles. The fourth-order valence-corrected chi connectivity index (χ4v) is 2.33. The quantitative estimate of drug-likeness (QED) is 0.814. The molecular weight excluding hydrogens is 232 g/mol. The van der Waals surface area contributed by atoms with Crippen molar-refractivity contribution in [3.05, 3.63) is 48.2 Å². The number of rotatable bonds is 4. The molecule has 0 spiro atoms. The van der Waals surface area contributed by atoms with Crippen molar-refractivity contribution in [2.75, 3.05) is 12.4 Å². The number of para-hydroxylation sites is 1. The molecule has 17 heavy (non-hydrogen) atoms. The minimum absolute atomic E-state index is 0.334. The van der Waals surface area contributed by atoms with Crippen molar-refractivity contribution in [3.63, 3.8) is 0 Å². The fraction of sp³-hybridized carbons (Fsp3) is 0.154. The van der Waals surface area contributed by atoms with Crippen LogP contribution >= 0.6 is 11.8 Å². The maximum Gasteiger partial charge on any atom is 0.129 e. The van der Waals surface area contributed by atoms with E-state index in [2.05, 4.69) is 10.3 Å². The Morgan fingerprint density at radius 3 is 2.88 bits per heavy atom. The Morgan fingerprint density at radius 2 is 2.12 bits per heavy atom. The highest BCUT2D eigenvalue weighted by atomic mass is 32.2. The van der Waals surface area contributed by atoms with E-state index in [1.807, 2.05) is 37.4 Å². The zero-order valence-electron chi connectivity index (χ0n) is 9.55. The van der Waals surface area contributed by atoms with Crippen molar-refractivity contribution in [1.82, 2.24) is 4.98 Å². The lowest BCUT2D eigenvalue weighted by molar-refractivity contribution is 0.462. The number of phenolic OH excluding ortho intramolecular Hbond substituents is 1. The first kappa shape index (κ1) is 11.8. The molecule has 0 amide bonds. The highest BCUT2D eigenvalue weighted by molar-refractivity contribution is 7.98. The number of anilines is 1. The van der Waals surface area contributed by atoms with Crippen LogP contribution in [-0.4, -0.2) is 17.1 Å². The zero-order chi connectivity index (χ0) is 12.1. The second-order valence-corrected chi connectivity index (χ2v) is 4.57. The third kappa shape index (κ3) is 3.14. The molecule has 1 aromatic heterocycles. The van der Waals surface area contributed by atoms with Crippen molar-refractivity contribution in [1.29, 1.82) is 0 Å². The van der Waals surface area contributed by atoms with Gasteiger partial charge in [-0.15, -0.1) is 11.8 Å². The molecule has 0 unspecified atom stereocenters. The Balaban J connectivity index is 2.05. The second kappa shape index (κ2) is 5.59. The number of nitrogens with one attached hydrogen (secondary N) is 1. The average molecular weight is 246 g/mol. The first-order valence-electron chi connectivity index (χ1n) is 5.33. The highest BCUT2D eigenvalue weighted by Crippen LogP contribution is 2.30. The Morgan fingerprint density at radius 1 is 1.29 bits per heavy atom. The van der Waals surface area contributed by atoms with Gasteiger partial charge in [0.2, 0.25) is 0 Å². The van der Waals surface area contributed by atoms with Crippen molar-refractivity contribution in [2.45, 2.75) is 10.6 Å². The molecule has 0 saturated heterocycles. The molecule has 2 aromatic rings. The summed E-state index contributed by atoms with van der Waals surface area (Å²) in [5.74, 6) is 2.01. The van der Waals surface area contributed by atoms with Crippen molar-refractivity contribution < 1.29 is 5.11 Å². The number of benzene rings is 1. The molecule has 88 valence electrons. The summed E-state index contributed by atoms with van der Waals surface area (Å²) in [6.45, 7) is 0. The molecule has 4 heteroatoms. The van der Waals surface area contributed by atoms with Gasteiger partial charge >= 0.3 is 0 Å². The third-order valence-electron chi connectivity index (χ3n) is 2.34. The van der Waals surface area contributed by atoms with E-state index in [0.717, 1.165) is 16.5 Å². The summed E-state index contributed by atoms with van der Waals surface area (Å²) in [7, 11) is 1.85. The third-order valence-corrected chi connectivity index (χ3v) is 3.47. The Bertz CT molecular complexity index is 502. The lowest BCUT2D eigenvalue weighted by Gasteiger charge is -2.05. The molecule has 0 fully saturated rings. The number of hydrogen-bond acceptors (Lipinski definition) is 4. The van der Waals surface area contributed by atoms with Gasteiger partial charge in [0.05, 0.1) is 0 Å². The van der Waals surface area contributed by atoms with Gasteiger partial charge in [-0.1, -0.05) is 12.1 Å². The number of phenols is 1. The van der Waals surface area contributed by atoms with Gasteiger partial charge in [0.25, 0.3) is 0 Å². The minimum Gasteiger partial charge on any atom is -0.507 e. The molecule has 0 atom stereocenters. The van der Waals surface area contributed by atoms with Crippen LogP contribution in [0, 0.1) is 0 Å². The monoisotopic (exact) mass is 246 g/mol. The van der Waals surface area contributed by atoms with Crippen molar-refractivity contribution in [3.8, 4) is 5.75 Å². The van der Waals surface area contributed by atoms with Crippen molar-refractivity contribution in [2.24, 2.45) is 0 Å². The molecule has 0 aliphatic carbocycles. The van der Waals surface area contributed by atoms with Gasteiger partial charge in [-0.2, -0.15) is 0 Å². The Labute approximate surface area is 105 Å². The van der Waals surface area contributed by atoms with Crippen LogP contribution in [0.25, 0.3) is 0 Å². The molecular formula is C13H14N2OS. The molecule has 0 aliphatic rings. The molecule has 0 bridgehead atoms. The van der Waals surface area contributed by atoms with Crippen LogP contribution in [0.3, 0.4) is 0 Å². The zero-order valence-corrected chi connectivity index (χ0v) is 10.4. The van der Waals surface area contributed by atoms with E-state index >= 15 is 0 Å². The largest absolute Gasteiger partial charge is 0.507 e. The predicted octanol–water partition coefficient (Wildman–Crippen LogP) is 3.12. The first-order chi connectivity index (χ1) is 8.29. The molecule has 0 aliphatic heterocycles. The summed E-state index contributed by atoms with van der Waals surface area (Å²) in [6.07, 6.45) is 1.78. The summed E-state index contributed by atoms with van der Waals surface area (Å²) in [4.78, 5) is 5.06. The minimum atomic E-state index is 0.334. The predicted molar refractivity (Wildman–Crippen MR) is 71.5 cm³/mol. The lowest BCUT2D eigenvalue weighted by atomic mass is 10.3. The van der Waals surface area contributed by atoms with E-state index < -0.39 is 0 Å². The van der Waals surface area contributed by atoms with Gasteiger partial charge < -0.3 is 10.4 Å². The van der Waals surface area contributed by atoms with Gasteiger partial charge in [0.1, 0.15) is 11.6 Å². The Kier molecular flexibility index (Phi) is 3.88. The van der Waals surface area contributed by atoms with Crippen LogP contribution in [0.4, 0.5) is 5.82 Å². The number of thioether (sulfide) groups is 1. The number of nitrogens with zero attached hydrogens (tertiary/aromatic N) is 1. The molecule has 3 nitrogen and oxygen atoms in total. The molecule has 1 heterocycles. The average Bonchev–Trinajstić information content (AvgIpc) is 2.38. The molecule has 0 radical (unpaired) electrons. The van der Waals surface area contributed by atoms with Crippen LogP contribution in [0.1, 0.15) is 5.56 Å². The van der Waals surface area contributed by atoms with E-state index in [9.17, 15) is 5.11 Å². The lowest BCUT2D eigenvalue weighted by Crippen LogP contribution is -1.92. The number of aromatic nitrogens is 1. The van der Waals surface area contributed by atoms with E-state index in [1.165, 1.54) is 5.56 Å². The molecule has 1 aromatic carbocycles. The van der Waals surface area contributed by atoms with Gasteiger partial charge in [-0.3, -0.25) is 0 Å². The summed E-state index contributed by atoms with van der Waals surface area (Å²) in [5.41, 5.74) is 1.18. The normalized spacial score (nSPS) is 10.2. The number of pyridine rings is 1. The topological polar surface area (TPSA) is 45.1 Å². The standard InChI is InChI=1S/C13H14N2OS/c1-14-13-8-10(6-7-15-13)9-17-12-5-3-2-4-11(12)16/h2-8,16H,9H2,1H3,(H,14,15). The van der Waals surface area contributed by atoms with Gasteiger partial charge in [-0.05, 0) is 29.8 Å². The van der Waals surface area contributed by atoms with Crippen molar-refractivity contribution >= 4 is 17.6 Å². The second-order valence-electron chi connectivity index (χ2n) is 3.56. The first-order valence-corrected chi connectivity index (χ1v) is 6.31. The van der Waals surface area contributed by atoms with Crippen LogP contribution in [0.5, 0.6) is 5.75 Å². The summed E-state index contributed by atoms with van der Waals surface area (Å²) in [6, 6.07) is 11.4. The molecule has 2 rings (SSSR count). The van der Waals surface area contributed by atoms with Crippen LogP contribution in [0.15, 0.2) is 47.5 Å². The van der Waals surface area contributed by atoms with E-state index in [1.54, 1.807) is 24.0 Å². The van der Waals surface area contributed by atoms with E-state index in [4.69, 9.17) is 0 Å². The maximum absolute atomic E-state index is 9.64. The van der Waals surface area contributed by atoms with Gasteiger partial charge in [0, 0.05) is 23.9 Å². The van der Waals surface area contributed by atoms with Gasteiger partial charge in [-0.25, -0.2) is 4.98 Å². The fourth-order valence-electron chi connectivity index (χ4n) is 1.44. The smallest absolute Gasteiger partial charge is 0.129 e. The Hall–Kier alpha value is -1.68. The summed E-state index contributed by atoms with van der Waals surface area (Å²) < 4.78 is 0. The van der Waals surface area contributed by atoms with Crippen LogP contribution < -0.4 is 5.32 Å². The van der Waals surface area contributed by atoms with Gasteiger partial charge in [0.15, 0.2) is 0 Å². The highest BCUT2D eigenvalue weighted by Gasteiger charge is 2.01. The SMILES string of the molecule is CNc1cc(CSc2ccccc2O)ccn1. The van der Waals surface area contributed by atoms with Crippen LogP contribution in [-0.2, 0) is 5.75 Å².